The number of hydrogen-bond acceptors (Lipinski definition) is 4. The van der Waals surface area contributed by atoms with E-state index in [9.17, 15) is 4.79 Å². The average Bonchev–Trinajstić information content (AvgIpc) is 2.45. The van der Waals surface area contributed by atoms with E-state index >= 15 is 0 Å². The molecule has 3 N–H and O–H groups in total. The van der Waals surface area contributed by atoms with E-state index in [0.29, 0.717) is 26.3 Å². The lowest BCUT2D eigenvalue weighted by molar-refractivity contribution is -0.120. The zero-order valence-corrected chi connectivity index (χ0v) is 12.0. The maximum atomic E-state index is 11.9. The van der Waals surface area contributed by atoms with Gasteiger partial charge in [0.25, 0.3) is 0 Å². The maximum absolute atomic E-state index is 11.9. The number of amides is 1. The van der Waals surface area contributed by atoms with E-state index in [1.807, 2.05) is 25.1 Å². The van der Waals surface area contributed by atoms with Crippen molar-refractivity contribution >= 4 is 17.3 Å². The zero-order valence-electron chi connectivity index (χ0n) is 12.0. The first-order valence-corrected chi connectivity index (χ1v) is 7.19. The zero-order chi connectivity index (χ0) is 14.4. The monoisotopic (exact) mass is 277 g/mol. The Morgan fingerprint density at radius 2 is 2.35 bits per heavy atom. The highest BCUT2D eigenvalue weighted by Gasteiger charge is 2.20. The number of rotatable bonds is 6. The number of nitrogen functional groups attached to an aromatic ring is 1. The van der Waals surface area contributed by atoms with Gasteiger partial charge in [-0.25, -0.2) is 0 Å². The molecule has 1 amide bonds. The lowest BCUT2D eigenvalue weighted by atomic mass is 10.00. The van der Waals surface area contributed by atoms with Crippen molar-refractivity contribution in [1.29, 1.82) is 0 Å². The fourth-order valence-corrected chi connectivity index (χ4v) is 2.53. The number of benzene rings is 1. The summed E-state index contributed by atoms with van der Waals surface area (Å²) in [6, 6.07) is 5.91. The molecule has 1 aromatic rings. The standard InChI is InChI=1S/C15H23N3O2/c1-2-20-10-8-17-15(19)11-18-9-4-5-12-13(16)6-3-7-14(12)18/h3,6-7H,2,4-5,8-11,16H2,1H3,(H,17,19). The maximum Gasteiger partial charge on any atom is 0.239 e. The Hall–Kier alpha value is -1.75. The van der Waals surface area contributed by atoms with Crippen molar-refractivity contribution in [3.63, 3.8) is 0 Å². The first-order chi connectivity index (χ1) is 9.72. The van der Waals surface area contributed by atoms with Gasteiger partial charge in [-0.1, -0.05) is 6.07 Å². The van der Waals surface area contributed by atoms with Crippen LogP contribution in [0.25, 0.3) is 0 Å². The van der Waals surface area contributed by atoms with Crippen LogP contribution in [0.2, 0.25) is 0 Å². The van der Waals surface area contributed by atoms with E-state index in [1.54, 1.807) is 0 Å². The molecule has 1 aliphatic rings. The van der Waals surface area contributed by atoms with Crippen molar-refractivity contribution < 1.29 is 9.53 Å². The lowest BCUT2D eigenvalue weighted by Gasteiger charge is -2.31. The number of carbonyl (C=O) groups excluding carboxylic acids is 1. The van der Waals surface area contributed by atoms with Crippen LogP contribution in [0, 0.1) is 0 Å². The first kappa shape index (κ1) is 14.7. The minimum atomic E-state index is 0.0278. The third kappa shape index (κ3) is 3.63. The van der Waals surface area contributed by atoms with Crippen LogP contribution in [0.4, 0.5) is 11.4 Å². The third-order valence-electron chi connectivity index (χ3n) is 3.49. The highest BCUT2D eigenvalue weighted by atomic mass is 16.5. The van der Waals surface area contributed by atoms with Gasteiger partial charge in [-0.2, -0.15) is 0 Å². The van der Waals surface area contributed by atoms with Gasteiger partial charge >= 0.3 is 0 Å². The molecule has 0 atom stereocenters. The molecule has 0 spiro atoms. The second kappa shape index (κ2) is 7.14. The summed E-state index contributed by atoms with van der Waals surface area (Å²) in [5.41, 5.74) is 9.09. The SMILES string of the molecule is CCOCCNC(=O)CN1CCCc2c(N)cccc21. The molecule has 0 saturated carbocycles. The summed E-state index contributed by atoms with van der Waals surface area (Å²) in [5.74, 6) is 0.0278. The Morgan fingerprint density at radius 3 is 3.15 bits per heavy atom. The lowest BCUT2D eigenvalue weighted by Crippen LogP contribution is -2.40. The van der Waals surface area contributed by atoms with Crippen LogP contribution in [0.15, 0.2) is 18.2 Å². The van der Waals surface area contributed by atoms with Crippen LogP contribution in [0.1, 0.15) is 18.9 Å². The summed E-state index contributed by atoms with van der Waals surface area (Å²) in [7, 11) is 0. The summed E-state index contributed by atoms with van der Waals surface area (Å²) >= 11 is 0. The van der Waals surface area contributed by atoms with E-state index in [0.717, 1.165) is 30.8 Å². The highest BCUT2D eigenvalue weighted by molar-refractivity contribution is 5.82. The van der Waals surface area contributed by atoms with Gasteiger partial charge in [-0.3, -0.25) is 4.79 Å². The minimum absolute atomic E-state index is 0.0278. The highest BCUT2D eigenvalue weighted by Crippen LogP contribution is 2.30. The van der Waals surface area contributed by atoms with Crippen LogP contribution >= 0.6 is 0 Å². The van der Waals surface area contributed by atoms with Gasteiger partial charge in [0.05, 0.1) is 13.2 Å². The molecule has 0 bridgehead atoms. The van der Waals surface area contributed by atoms with Crippen LogP contribution in [-0.2, 0) is 16.0 Å². The molecule has 0 unspecified atom stereocenters. The molecular weight excluding hydrogens is 254 g/mol. The number of nitrogens with two attached hydrogens (primary N) is 1. The molecule has 1 aliphatic heterocycles. The molecule has 0 saturated heterocycles. The van der Waals surface area contributed by atoms with Crippen LogP contribution < -0.4 is 16.0 Å². The summed E-state index contributed by atoms with van der Waals surface area (Å²) in [5, 5.41) is 2.87. The quantitative estimate of drug-likeness (QED) is 0.605. The summed E-state index contributed by atoms with van der Waals surface area (Å²) in [6.45, 7) is 5.01. The molecule has 2 rings (SSSR count). The van der Waals surface area contributed by atoms with Crippen molar-refractivity contribution in [2.24, 2.45) is 0 Å². The van der Waals surface area contributed by atoms with Crippen molar-refractivity contribution in [3.8, 4) is 0 Å². The van der Waals surface area contributed by atoms with Crippen molar-refractivity contribution in [1.82, 2.24) is 5.32 Å². The Labute approximate surface area is 120 Å². The Morgan fingerprint density at radius 1 is 1.50 bits per heavy atom. The minimum Gasteiger partial charge on any atom is -0.398 e. The smallest absolute Gasteiger partial charge is 0.239 e. The van der Waals surface area contributed by atoms with E-state index < -0.39 is 0 Å². The molecule has 5 nitrogen and oxygen atoms in total. The van der Waals surface area contributed by atoms with E-state index in [1.165, 1.54) is 5.56 Å². The van der Waals surface area contributed by atoms with E-state index in [-0.39, 0.29) is 5.91 Å². The van der Waals surface area contributed by atoms with Crippen LogP contribution in [-0.4, -0.2) is 38.8 Å². The molecule has 0 aliphatic carbocycles. The fraction of sp³-hybridized carbons (Fsp3) is 0.533. The Balaban J connectivity index is 1.91. The van der Waals surface area contributed by atoms with Gasteiger partial charge in [-0.05, 0) is 37.5 Å². The number of fused-ring (bicyclic) bond motifs is 1. The molecule has 20 heavy (non-hydrogen) atoms. The second-order valence-electron chi connectivity index (χ2n) is 4.92. The second-order valence-corrected chi connectivity index (χ2v) is 4.92. The number of nitrogens with zero attached hydrogens (tertiary/aromatic N) is 1. The van der Waals surface area contributed by atoms with Gasteiger partial charge < -0.3 is 20.7 Å². The number of anilines is 2. The largest absolute Gasteiger partial charge is 0.398 e. The number of carbonyl (C=O) groups is 1. The number of ether oxygens (including phenoxy) is 1. The first-order valence-electron chi connectivity index (χ1n) is 7.19. The van der Waals surface area contributed by atoms with Gasteiger partial charge in [0.1, 0.15) is 0 Å². The predicted octanol–water partition coefficient (Wildman–Crippen LogP) is 1.17. The van der Waals surface area contributed by atoms with Crippen molar-refractivity contribution in [2.75, 3.05) is 43.5 Å². The van der Waals surface area contributed by atoms with Gasteiger partial charge in [0.2, 0.25) is 5.91 Å². The number of hydrogen-bond donors (Lipinski definition) is 2. The van der Waals surface area contributed by atoms with Gasteiger partial charge in [-0.15, -0.1) is 0 Å². The third-order valence-corrected chi connectivity index (χ3v) is 3.49. The van der Waals surface area contributed by atoms with Crippen molar-refractivity contribution in [3.05, 3.63) is 23.8 Å². The molecular formula is C15H23N3O2. The van der Waals surface area contributed by atoms with Crippen molar-refractivity contribution in [2.45, 2.75) is 19.8 Å². The normalized spacial score (nSPS) is 13.9. The van der Waals surface area contributed by atoms with Crippen LogP contribution in [0.5, 0.6) is 0 Å². The predicted molar refractivity (Wildman–Crippen MR) is 80.9 cm³/mol. The summed E-state index contributed by atoms with van der Waals surface area (Å²) < 4.78 is 5.20. The number of nitrogens with one attached hydrogen (secondary N) is 1. The van der Waals surface area contributed by atoms with Crippen LogP contribution in [0.3, 0.4) is 0 Å². The topological polar surface area (TPSA) is 67.6 Å². The Kier molecular flexibility index (Phi) is 5.24. The average molecular weight is 277 g/mol. The molecule has 0 aromatic heterocycles. The van der Waals surface area contributed by atoms with Gasteiger partial charge in [0.15, 0.2) is 0 Å². The Bertz CT molecular complexity index is 462. The van der Waals surface area contributed by atoms with E-state index in [2.05, 4.69) is 10.2 Å². The molecule has 1 heterocycles. The summed E-state index contributed by atoms with van der Waals surface area (Å²) in [4.78, 5) is 14.0. The van der Waals surface area contributed by atoms with Gasteiger partial charge in [0, 0.05) is 31.1 Å². The molecule has 110 valence electrons. The fourth-order valence-electron chi connectivity index (χ4n) is 2.53. The molecule has 1 aromatic carbocycles. The molecule has 5 heteroatoms. The molecule has 0 radical (unpaired) electrons. The van der Waals surface area contributed by atoms with E-state index in [4.69, 9.17) is 10.5 Å². The molecule has 0 fully saturated rings. The summed E-state index contributed by atoms with van der Waals surface area (Å²) in [6.07, 6.45) is 2.03.